The van der Waals surface area contributed by atoms with Crippen LogP contribution in [-0.2, 0) is 15.3 Å². The number of nitrogens with one attached hydrogen (secondary N) is 1. The van der Waals surface area contributed by atoms with Crippen LogP contribution in [-0.4, -0.2) is 49.1 Å². The quantitative estimate of drug-likeness (QED) is 0.654. The summed E-state index contributed by atoms with van der Waals surface area (Å²) < 4.78 is 61.0. The number of amides is 1. The second-order valence-electron chi connectivity index (χ2n) is 8.59. The van der Waals surface area contributed by atoms with Gasteiger partial charge in [-0.3, -0.25) is 9.79 Å². The topological polar surface area (TPSA) is 132 Å². The number of hydrogen-bond acceptors (Lipinski definition) is 8. The number of fused-ring (bicyclic) bond motifs is 1. The Morgan fingerprint density at radius 2 is 2.00 bits per heavy atom. The fourth-order valence-electron chi connectivity index (χ4n) is 4.21. The molecule has 4 rings (SSSR count). The summed E-state index contributed by atoms with van der Waals surface area (Å²) in [6.07, 6.45) is 1.40. The molecule has 3 N–H and O–H groups in total. The number of carbonyl (C=O) groups is 1. The van der Waals surface area contributed by atoms with Crippen molar-refractivity contribution in [1.29, 1.82) is 0 Å². The molecule has 9 nitrogen and oxygen atoms in total. The molecular formula is C21H23F3N6O3S. The first-order valence-electron chi connectivity index (χ1n) is 10.3. The highest BCUT2D eigenvalue weighted by atomic mass is 32.2. The van der Waals surface area contributed by atoms with E-state index in [0.29, 0.717) is 13.0 Å². The molecule has 2 aliphatic heterocycles. The standard InChI is InChI=1S/C21H23F3N6O3S/c1-20(2)18(25)30-21(3,14-8-9-27-34(14,20)32)16-12(22)5-7-15(28-16)29-17(31)13-6-4-11(10-26-13)33-19(23)24/h4-7,10,14,19H,8-9H2,1-3H3,(H2,25,30)(H,28,29,31)/t14-,21+,34-/m1/s1. The SMILES string of the molecule is CC1(C)C(N)=N[C@](C)(c2nc(NC(=O)c3ccc(OC(F)F)cn3)ccc2F)[C@H]2CCN=[S@@]21=O. The molecule has 1 amide bonds. The summed E-state index contributed by atoms with van der Waals surface area (Å²) in [4.78, 5) is 25.2. The van der Waals surface area contributed by atoms with Crippen molar-refractivity contribution < 1.29 is 26.9 Å². The van der Waals surface area contributed by atoms with Crippen molar-refractivity contribution in [2.75, 3.05) is 11.9 Å². The van der Waals surface area contributed by atoms with Crippen LogP contribution < -0.4 is 15.8 Å². The maximum atomic E-state index is 15.0. The van der Waals surface area contributed by atoms with Gasteiger partial charge in [0.1, 0.15) is 44.9 Å². The second-order valence-corrected chi connectivity index (χ2v) is 11.6. The van der Waals surface area contributed by atoms with Crippen LogP contribution in [0.25, 0.3) is 0 Å². The van der Waals surface area contributed by atoms with E-state index in [-0.39, 0.29) is 28.8 Å². The summed E-state index contributed by atoms with van der Waals surface area (Å²) in [5.41, 5.74) is 4.60. The van der Waals surface area contributed by atoms with E-state index < -0.39 is 43.6 Å². The van der Waals surface area contributed by atoms with Crippen molar-refractivity contribution in [3.8, 4) is 5.75 Å². The lowest BCUT2D eigenvalue weighted by Crippen LogP contribution is -2.58. The fraction of sp³-hybridized carbons (Fsp3) is 0.429. The van der Waals surface area contributed by atoms with E-state index in [1.165, 1.54) is 18.2 Å². The number of hydrogen-bond donors (Lipinski definition) is 2. The third-order valence-corrected chi connectivity index (χ3v) is 9.85. The number of carbonyl (C=O) groups excluding carboxylic acids is 1. The number of ether oxygens (including phenoxy) is 1. The number of rotatable bonds is 5. The minimum Gasteiger partial charge on any atom is -0.433 e. The maximum Gasteiger partial charge on any atom is 0.387 e. The number of nitrogens with two attached hydrogens (primary N) is 1. The van der Waals surface area contributed by atoms with Crippen LogP contribution in [0.1, 0.15) is 43.4 Å². The van der Waals surface area contributed by atoms with Gasteiger partial charge in [0.15, 0.2) is 0 Å². The zero-order valence-corrected chi connectivity index (χ0v) is 19.4. The minimum absolute atomic E-state index is 0.00243. The van der Waals surface area contributed by atoms with Crippen LogP contribution >= 0.6 is 0 Å². The molecule has 4 heterocycles. The molecule has 0 bridgehead atoms. The first kappa shape index (κ1) is 23.9. The van der Waals surface area contributed by atoms with Gasteiger partial charge in [-0.2, -0.15) is 8.78 Å². The lowest BCUT2D eigenvalue weighted by molar-refractivity contribution is -0.0500. The highest BCUT2D eigenvalue weighted by Gasteiger charge is 2.57. The first-order valence-corrected chi connectivity index (χ1v) is 11.9. The predicted octanol–water partition coefficient (Wildman–Crippen LogP) is 3.07. The number of alkyl halides is 2. The number of anilines is 1. The summed E-state index contributed by atoms with van der Waals surface area (Å²) in [5.74, 6) is -1.52. The molecule has 0 spiro atoms. The average Bonchev–Trinajstić information content (AvgIpc) is 3.18. The molecule has 13 heteroatoms. The van der Waals surface area contributed by atoms with E-state index >= 15 is 4.39 Å². The molecule has 0 fully saturated rings. The van der Waals surface area contributed by atoms with Gasteiger partial charge in [0.05, 0.1) is 21.2 Å². The molecule has 2 aromatic rings. The molecule has 0 aromatic carbocycles. The maximum absolute atomic E-state index is 15.0. The summed E-state index contributed by atoms with van der Waals surface area (Å²) in [6.45, 7) is 2.34. The van der Waals surface area contributed by atoms with Crippen molar-refractivity contribution in [3.63, 3.8) is 0 Å². The minimum atomic E-state index is -3.02. The summed E-state index contributed by atoms with van der Waals surface area (Å²) in [5, 5.41) is 1.87. The van der Waals surface area contributed by atoms with Crippen molar-refractivity contribution in [1.82, 2.24) is 9.97 Å². The number of aromatic nitrogens is 2. The fourth-order valence-corrected chi connectivity index (χ4v) is 7.36. The Morgan fingerprint density at radius 1 is 1.26 bits per heavy atom. The molecule has 182 valence electrons. The normalized spacial score (nSPS) is 27.5. The van der Waals surface area contributed by atoms with Crippen LogP contribution in [0.15, 0.2) is 39.8 Å². The molecule has 0 aliphatic carbocycles. The Labute approximate surface area is 194 Å². The van der Waals surface area contributed by atoms with E-state index in [4.69, 9.17) is 5.73 Å². The van der Waals surface area contributed by atoms with Crippen LogP contribution in [0.2, 0.25) is 0 Å². The molecule has 0 saturated carbocycles. The van der Waals surface area contributed by atoms with E-state index in [2.05, 4.69) is 29.4 Å². The Bertz CT molecular complexity index is 1290. The number of halogens is 3. The van der Waals surface area contributed by atoms with Gasteiger partial charge in [-0.05, 0) is 51.5 Å². The number of pyridine rings is 2. The highest BCUT2D eigenvalue weighted by molar-refractivity contribution is 7.96. The van der Waals surface area contributed by atoms with E-state index in [9.17, 15) is 17.8 Å². The van der Waals surface area contributed by atoms with Gasteiger partial charge in [0, 0.05) is 6.54 Å². The van der Waals surface area contributed by atoms with E-state index in [1.807, 2.05) is 0 Å². The Balaban J connectivity index is 1.67. The molecule has 2 aliphatic rings. The zero-order valence-electron chi connectivity index (χ0n) is 18.6. The Morgan fingerprint density at radius 3 is 2.65 bits per heavy atom. The van der Waals surface area contributed by atoms with Gasteiger partial charge in [-0.15, -0.1) is 0 Å². The Hall–Kier alpha value is -3.22. The van der Waals surface area contributed by atoms with E-state index in [1.54, 1.807) is 20.8 Å². The van der Waals surface area contributed by atoms with Gasteiger partial charge in [0.2, 0.25) is 0 Å². The zero-order chi connectivity index (χ0) is 24.9. The van der Waals surface area contributed by atoms with E-state index in [0.717, 1.165) is 12.3 Å². The van der Waals surface area contributed by atoms with Gasteiger partial charge < -0.3 is 15.8 Å². The molecule has 0 saturated heterocycles. The molecular weight excluding hydrogens is 473 g/mol. The van der Waals surface area contributed by atoms with Crippen LogP contribution in [0, 0.1) is 5.82 Å². The highest BCUT2D eigenvalue weighted by Crippen LogP contribution is 2.47. The number of amidine groups is 1. The van der Waals surface area contributed by atoms with Gasteiger partial charge >= 0.3 is 6.61 Å². The molecule has 3 atom stereocenters. The first-order chi connectivity index (χ1) is 15.9. The summed E-state index contributed by atoms with van der Waals surface area (Å²) in [6, 6.07) is 4.74. The van der Waals surface area contributed by atoms with Gasteiger partial charge in [0.25, 0.3) is 5.91 Å². The molecule has 34 heavy (non-hydrogen) atoms. The van der Waals surface area contributed by atoms with Gasteiger partial charge in [-0.1, -0.05) is 0 Å². The van der Waals surface area contributed by atoms with Crippen LogP contribution in [0.5, 0.6) is 5.75 Å². The molecule has 0 unspecified atom stereocenters. The smallest absolute Gasteiger partial charge is 0.387 e. The number of nitrogens with zero attached hydrogens (tertiary/aromatic N) is 4. The third-order valence-electron chi connectivity index (χ3n) is 6.15. The summed E-state index contributed by atoms with van der Waals surface area (Å²) >= 11 is 0. The Kier molecular flexibility index (Phi) is 5.78. The van der Waals surface area contributed by atoms with Crippen LogP contribution in [0.3, 0.4) is 0 Å². The number of aliphatic imine (C=N–C) groups is 1. The molecule has 0 radical (unpaired) electrons. The second kappa shape index (κ2) is 8.22. The largest absolute Gasteiger partial charge is 0.433 e. The monoisotopic (exact) mass is 496 g/mol. The summed E-state index contributed by atoms with van der Waals surface area (Å²) in [7, 11) is -2.89. The lowest BCUT2D eigenvalue weighted by Gasteiger charge is -2.44. The predicted molar refractivity (Wildman–Crippen MR) is 120 cm³/mol. The van der Waals surface area contributed by atoms with Gasteiger partial charge in [-0.25, -0.2) is 22.9 Å². The van der Waals surface area contributed by atoms with Crippen molar-refractivity contribution in [3.05, 3.63) is 47.7 Å². The van der Waals surface area contributed by atoms with Crippen LogP contribution in [0.4, 0.5) is 19.0 Å². The van der Waals surface area contributed by atoms with Crippen molar-refractivity contribution in [2.45, 2.75) is 49.3 Å². The lowest BCUT2D eigenvalue weighted by atomic mass is 9.89. The molecule has 2 aromatic heterocycles. The third kappa shape index (κ3) is 3.77. The van der Waals surface area contributed by atoms with Crippen molar-refractivity contribution in [2.24, 2.45) is 15.1 Å². The average molecular weight is 497 g/mol. The van der Waals surface area contributed by atoms with Crippen molar-refractivity contribution >= 4 is 27.3 Å².